The molecule has 1 aliphatic carbocycles. The lowest BCUT2D eigenvalue weighted by Gasteiger charge is -2.08. The molecule has 1 amide bonds. The quantitative estimate of drug-likeness (QED) is 0.537. The average Bonchev–Trinajstić information content (AvgIpc) is 3.39. The van der Waals surface area contributed by atoms with Gasteiger partial charge < -0.3 is 10.3 Å². The van der Waals surface area contributed by atoms with Gasteiger partial charge in [0.1, 0.15) is 11.6 Å². The van der Waals surface area contributed by atoms with Gasteiger partial charge in [-0.05, 0) is 35.4 Å². The number of carbonyl (C=O) groups excluding carboxylic acids is 1. The van der Waals surface area contributed by atoms with Crippen LogP contribution >= 0.6 is 0 Å². The highest BCUT2D eigenvalue weighted by atomic mass is 16.1. The number of fused-ring (bicyclic) bond motifs is 2. The van der Waals surface area contributed by atoms with Gasteiger partial charge >= 0.3 is 0 Å². The first kappa shape index (κ1) is 17.6. The Balaban J connectivity index is 1.21. The summed E-state index contributed by atoms with van der Waals surface area (Å²) in [5.41, 5.74) is 3.63. The van der Waals surface area contributed by atoms with Crippen molar-refractivity contribution in [1.29, 1.82) is 0 Å². The van der Waals surface area contributed by atoms with Crippen LogP contribution < -0.4 is 5.32 Å². The summed E-state index contributed by atoms with van der Waals surface area (Å²) in [7, 11) is 0. The molecule has 29 heavy (non-hydrogen) atoms. The van der Waals surface area contributed by atoms with Crippen molar-refractivity contribution in [2.24, 2.45) is 0 Å². The number of nitrogens with zero attached hydrogens (tertiary/aromatic N) is 2. The summed E-state index contributed by atoms with van der Waals surface area (Å²) in [6.45, 7) is 0. The summed E-state index contributed by atoms with van der Waals surface area (Å²) >= 11 is 0. The third kappa shape index (κ3) is 3.63. The Morgan fingerprint density at radius 2 is 1.66 bits per heavy atom. The highest BCUT2D eigenvalue weighted by molar-refractivity contribution is 6.02. The number of rotatable bonds is 5. The minimum absolute atomic E-state index is 0.0208. The van der Waals surface area contributed by atoms with E-state index in [0.717, 1.165) is 41.0 Å². The number of amides is 1. The van der Waals surface area contributed by atoms with E-state index < -0.39 is 0 Å². The zero-order valence-corrected chi connectivity index (χ0v) is 16.1. The first-order chi connectivity index (χ1) is 14.3. The van der Waals surface area contributed by atoms with E-state index in [1.54, 1.807) is 0 Å². The highest BCUT2D eigenvalue weighted by Crippen LogP contribution is 2.32. The van der Waals surface area contributed by atoms with Crippen molar-refractivity contribution in [2.75, 3.05) is 5.32 Å². The average molecular weight is 382 g/mol. The Labute approximate surface area is 169 Å². The lowest BCUT2D eigenvalue weighted by atomic mass is 10.1. The van der Waals surface area contributed by atoms with Crippen LogP contribution in [0.15, 0.2) is 66.7 Å². The van der Waals surface area contributed by atoms with Gasteiger partial charge in [0.2, 0.25) is 5.91 Å². The van der Waals surface area contributed by atoms with Crippen LogP contribution in [0.1, 0.15) is 35.1 Å². The van der Waals surface area contributed by atoms with E-state index in [1.165, 1.54) is 11.1 Å². The van der Waals surface area contributed by atoms with Crippen LogP contribution in [0.25, 0.3) is 10.8 Å². The number of carbonyl (C=O) groups is 1. The summed E-state index contributed by atoms with van der Waals surface area (Å²) in [5, 5.41) is 13.8. The Morgan fingerprint density at radius 3 is 2.48 bits per heavy atom. The molecule has 0 bridgehead atoms. The van der Waals surface area contributed by atoms with E-state index in [0.29, 0.717) is 18.8 Å². The fraction of sp³-hybridized carbons (Fsp3) is 0.208. The first-order valence-electron chi connectivity index (χ1n) is 10.0. The summed E-state index contributed by atoms with van der Waals surface area (Å²) < 4.78 is 0. The maximum atomic E-state index is 12.5. The topological polar surface area (TPSA) is 70.7 Å². The molecular weight excluding hydrogens is 360 g/mol. The van der Waals surface area contributed by atoms with Crippen LogP contribution in [0, 0.1) is 0 Å². The third-order valence-electron chi connectivity index (χ3n) is 5.64. The molecule has 4 aromatic rings. The Morgan fingerprint density at radius 1 is 0.931 bits per heavy atom. The number of aryl methyl sites for hydroxylation is 1. The van der Waals surface area contributed by atoms with Gasteiger partial charge in [0.25, 0.3) is 0 Å². The first-order valence-corrected chi connectivity index (χ1v) is 10.0. The normalized spacial score (nSPS) is 13.5. The number of aromatic nitrogens is 3. The number of benzene rings is 3. The number of H-pyrrole nitrogens is 1. The summed E-state index contributed by atoms with van der Waals surface area (Å²) in [4.78, 5) is 15.8. The highest BCUT2D eigenvalue weighted by Gasteiger charge is 2.25. The summed E-state index contributed by atoms with van der Waals surface area (Å²) in [6.07, 6.45) is 2.89. The summed E-state index contributed by atoms with van der Waals surface area (Å²) in [6, 6.07) is 22.5. The SMILES string of the molecule is O=C(CCc1nnc(C2Cc3ccccc3C2)[nH]1)Nc1cccc2ccccc12. The molecule has 144 valence electrons. The molecule has 0 aliphatic heterocycles. The minimum Gasteiger partial charge on any atom is -0.329 e. The maximum Gasteiger partial charge on any atom is 0.224 e. The number of anilines is 1. The largest absolute Gasteiger partial charge is 0.329 e. The number of nitrogens with one attached hydrogen (secondary N) is 2. The Kier molecular flexibility index (Phi) is 4.56. The molecule has 5 heteroatoms. The molecule has 3 aromatic carbocycles. The van der Waals surface area contributed by atoms with Gasteiger partial charge in [-0.3, -0.25) is 4.79 Å². The lowest BCUT2D eigenvalue weighted by molar-refractivity contribution is -0.116. The maximum absolute atomic E-state index is 12.5. The zero-order chi connectivity index (χ0) is 19.6. The fourth-order valence-corrected chi connectivity index (χ4v) is 4.14. The second-order valence-corrected chi connectivity index (χ2v) is 7.61. The molecule has 0 radical (unpaired) electrons. The van der Waals surface area contributed by atoms with Crippen LogP contribution in [0.3, 0.4) is 0 Å². The molecule has 1 aromatic heterocycles. The van der Waals surface area contributed by atoms with Crippen molar-refractivity contribution in [3.8, 4) is 0 Å². The van der Waals surface area contributed by atoms with Crippen molar-refractivity contribution < 1.29 is 4.79 Å². The summed E-state index contributed by atoms with van der Waals surface area (Å²) in [5.74, 6) is 2.01. The van der Waals surface area contributed by atoms with Gasteiger partial charge in [-0.15, -0.1) is 10.2 Å². The van der Waals surface area contributed by atoms with Gasteiger partial charge in [-0.25, -0.2) is 0 Å². The molecule has 2 N–H and O–H groups in total. The smallest absolute Gasteiger partial charge is 0.224 e. The Hall–Kier alpha value is -3.47. The monoisotopic (exact) mass is 382 g/mol. The van der Waals surface area contributed by atoms with Crippen LogP contribution in [0.4, 0.5) is 5.69 Å². The van der Waals surface area contributed by atoms with E-state index in [1.807, 2.05) is 42.5 Å². The molecule has 5 nitrogen and oxygen atoms in total. The van der Waals surface area contributed by atoms with Crippen LogP contribution in [0.5, 0.6) is 0 Å². The predicted octanol–water partition coefficient (Wildman–Crippen LogP) is 4.41. The third-order valence-corrected chi connectivity index (χ3v) is 5.64. The molecule has 0 fully saturated rings. The van der Waals surface area contributed by atoms with E-state index in [2.05, 4.69) is 44.8 Å². The van der Waals surface area contributed by atoms with Gasteiger partial charge in [0.15, 0.2) is 0 Å². The van der Waals surface area contributed by atoms with Crippen molar-refractivity contribution in [1.82, 2.24) is 15.2 Å². The molecular formula is C24H22N4O. The molecule has 0 atom stereocenters. The van der Waals surface area contributed by atoms with Crippen molar-refractivity contribution in [3.05, 3.63) is 89.5 Å². The second-order valence-electron chi connectivity index (χ2n) is 7.61. The number of aromatic amines is 1. The van der Waals surface area contributed by atoms with E-state index in [9.17, 15) is 4.79 Å². The second kappa shape index (κ2) is 7.51. The lowest BCUT2D eigenvalue weighted by Crippen LogP contribution is -2.13. The molecule has 0 unspecified atom stereocenters. The molecule has 1 heterocycles. The van der Waals surface area contributed by atoms with Crippen LogP contribution in [0.2, 0.25) is 0 Å². The van der Waals surface area contributed by atoms with Crippen molar-refractivity contribution >= 4 is 22.4 Å². The van der Waals surface area contributed by atoms with E-state index >= 15 is 0 Å². The standard InChI is InChI=1S/C24H22N4O/c29-23(25-21-11-5-9-16-6-3-4-10-20(16)21)13-12-22-26-24(28-27-22)19-14-17-7-1-2-8-18(17)15-19/h1-11,19H,12-15H2,(H,25,29)(H,26,27,28). The van der Waals surface area contributed by atoms with Gasteiger partial charge in [-0.2, -0.15) is 0 Å². The Bertz CT molecular complexity index is 1150. The van der Waals surface area contributed by atoms with Gasteiger partial charge in [0, 0.05) is 29.8 Å². The van der Waals surface area contributed by atoms with Crippen LogP contribution in [-0.2, 0) is 24.1 Å². The fourth-order valence-electron chi connectivity index (χ4n) is 4.14. The molecule has 5 rings (SSSR count). The number of hydrogen-bond donors (Lipinski definition) is 2. The minimum atomic E-state index is -0.0208. The van der Waals surface area contributed by atoms with Crippen molar-refractivity contribution in [2.45, 2.75) is 31.6 Å². The molecule has 0 saturated heterocycles. The van der Waals surface area contributed by atoms with Crippen LogP contribution in [-0.4, -0.2) is 21.1 Å². The number of hydrogen-bond acceptors (Lipinski definition) is 3. The molecule has 0 spiro atoms. The van der Waals surface area contributed by atoms with Gasteiger partial charge in [-0.1, -0.05) is 60.7 Å². The molecule has 1 aliphatic rings. The van der Waals surface area contributed by atoms with E-state index in [-0.39, 0.29) is 5.91 Å². The van der Waals surface area contributed by atoms with E-state index in [4.69, 9.17) is 0 Å². The molecule has 0 saturated carbocycles. The van der Waals surface area contributed by atoms with Crippen molar-refractivity contribution in [3.63, 3.8) is 0 Å². The zero-order valence-electron chi connectivity index (χ0n) is 16.1. The van der Waals surface area contributed by atoms with Gasteiger partial charge in [0.05, 0.1) is 0 Å². The predicted molar refractivity (Wildman–Crippen MR) is 114 cm³/mol.